The van der Waals surface area contributed by atoms with Crippen molar-refractivity contribution in [2.24, 2.45) is 5.10 Å². The summed E-state index contributed by atoms with van der Waals surface area (Å²) in [6, 6.07) is 4.35. The van der Waals surface area contributed by atoms with Gasteiger partial charge in [-0.2, -0.15) is 5.10 Å². The molecule has 2 aromatic heterocycles. The van der Waals surface area contributed by atoms with Crippen LogP contribution in [-0.2, 0) is 4.74 Å². The minimum absolute atomic E-state index is 0.220. The fourth-order valence-electron chi connectivity index (χ4n) is 1.96. The average Bonchev–Trinajstić information content (AvgIpc) is 3.07. The number of furan rings is 1. The molecular formula is C13H14N6O4. The molecule has 3 heterocycles. The van der Waals surface area contributed by atoms with Crippen LogP contribution in [0.25, 0.3) is 11.6 Å². The first-order valence-corrected chi connectivity index (χ1v) is 6.91. The van der Waals surface area contributed by atoms with Gasteiger partial charge in [-0.25, -0.2) is 9.97 Å². The van der Waals surface area contributed by atoms with E-state index in [0.29, 0.717) is 19.0 Å². The number of aromatic nitrogens is 2. The first-order chi connectivity index (χ1) is 11.2. The number of nitrogens with zero attached hydrogens (tertiary/aromatic N) is 5. The second-order valence-electron chi connectivity index (χ2n) is 4.67. The summed E-state index contributed by atoms with van der Waals surface area (Å²) in [5.74, 6) is 0.563. The molecule has 1 aliphatic rings. The molecule has 1 N–H and O–H groups in total. The van der Waals surface area contributed by atoms with Crippen LogP contribution in [0.4, 0.5) is 11.7 Å². The molecule has 10 heteroatoms. The molecule has 1 fully saturated rings. The van der Waals surface area contributed by atoms with Crippen molar-refractivity contribution >= 4 is 18.0 Å². The number of ether oxygens (including phenoxy) is 1. The number of nitrogens with one attached hydrogen (secondary N) is 1. The van der Waals surface area contributed by atoms with E-state index in [0.717, 1.165) is 13.1 Å². The van der Waals surface area contributed by atoms with E-state index in [2.05, 4.69) is 20.5 Å². The molecule has 0 amide bonds. The third-order valence-corrected chi connectivity index (χ3v) is 3.09. The second kappa shape index (κ2) is 6.83. The largest absolute Gasteiger partial charge is 0.433 e. The van der Waals surface area contributed by atoms with E-state index in [1.165, 1.54) is 18.3 Å². The van der Waals surface area contributed by atoms with Crippen LogP contribution < -0.4 is 5.43 Å². The molecular weight excluding hydrogens is 304 g/mol. The molecule has 3 rings (SSSR count). The lowest BCUT2D eigenvalue weighted by molar-refractivity contribution is -0.401. The van der Waals surface area contributed by atoms with Crippen molar-refractivity contribution in [3.63, 3.8) is 0 Å². The molecule has 0 radical (unpaired) electrons. The lowest BCUT2D eigenvalue weighted by atomic mass is 10.4. The summed E-state index contributed by atoms with van der Waals surface area (Å²) in [5, 5.41) is 14.7. The summed E-state index contributed by atoms with van der Waals surface area (Å²) in [7, 11) is 0. The van der Waals surface area contributed by atoms with Gasteiger partial charge in [-0.05, 0) is 6.07 Å². The second-order valence-corrected chi connectivity index (χ2v) is 4.67. The van der Waals surface area contributed by atoms with Crippen LogP contribution >= 0.6 is 0 Å². The van der Waals surface area contributed by atoms with Crippen LogP contribution in [0.15, 0.2) is 33.9 Å². The number of nitro groups is 1. The molecule has 2 aromatic rings. The van der Waals surface area contributed by atoms with Crippen LogP contribution in [0.1, 0.15) is 0 Å². The third-order valence-electron chi connectivity index (χ3n) is 3.09. The summed E-state index contributed by atoms with van der Waals surface area (Å²) in [6.07, 6.45) is 3.20. The van der Waals surface area contributed by atoms with Gasteiger partial charge in [0.15, 0.2) is 11.6 Å². The van der Waals surface area contributed by atoms with Crippen LogP contribution in [0.2, 0.25) is 0 Å². The van der Waals surface area contributed by atoms with E-state index in [9.17, 15) is 10.1 Å². The van der Waals surface area contributed by atoms with Gasteiger partial charge in [-0.3, -0.25) is 15.5 Å². The molecule has 0 aliphatic carbocycles. The molecule has 0 unspecified atom stereocenters. The monoisotopic (exact) mass is 318 g/mol. The van der Waals surface area contributed by atoms with Crippen molar-refractivity contribution in [2.45, 2.75) is 0 Å². The number of hydrazone groups is 1. The van der Waals surface area contributed by atoms with Gasteiger partial charge in [-0.15, -0.1) is 0 Å². The van der Waals surface area contributed by atoms with Gasteiger partial charge in [0, 0.05) is 25.4 Å². The van der Waals surface area contributed by atoms with Crippen LogP contribution in [0, 0.1) is 10.1 Å². The molecule has 0 bridgehead atoms. The first kappa shape index (κ1) is 14.9. The average molecular weight is 318 g/mol. The predicted octanol–water partition coefficient (Wildman–Crippen LogP) is 1.33. The Morgan fingerprint density at radius 2 is 2.17 bits per heavy atom. The van der Waals surface area contributed by atoms with E-state index >= 15 is 0 Å². The highest BCUT2D eigenvalue weighted by Crippen LogP contribution is 2.23. The van der Waals surface area contributed by atoms with Crippen LogP contribution in [-0.4, -0.2) is 52.4 Å². The van der Waals surface area contributed by atoms with Gasteiger partial charge < -0.3 is 14.1 Å². The van der Waals surface area contributed by atoms with E-state index < -0.39 is 4.92 Å². The lowest BCUT2D eigenvalue weighted by Crippen LogP contribution is -2.35. The SMILES string of the molecule is O=[N+]([O-])c1ccc(-c2nccc(N/N=C/N3CCOCC3)n2)o1. The lowest BCUT2D eigenvalue weighted by Gasteiger charge is -2.23. The zero-order chi connectivity index (χ0) is 16.1. The summed E-state index contributed by atoms with van der Waals surface area (Å²) < 4.78 is 10.3. The van der Waals surface area contributed by atoms with Gasteiger partial charge in [0.2, 0.25) is 0 Å². The van der Waals surface area contributed by atoms with Gasteiger partial charge >= 0.3 is 5.88 Å². The van der Waals surface area contributed by atoms with Crippen molar-refractivity contribution in [3.8, 4) is 11.6 Å². The molecule has 1 aliphatic heterocycles. The standard InChI is InChI=1S/C13H14N6O4/c20-19(21)12-2-1-10(23-12)13-14-4-3-11(16-13)17-15-9-18-5-7-22-8-6-18/h1-4,9H,5-8H2,(H,14,16,17)/b15-9+. The highest BCUT2D eigenvalue weighted by atomic mass is 16.6. The van der Waals surface area contributed by atoms with Gasteiger partial charge in [0.05, 0.1) is 19.3 Å². The van der Waals surface area contributed by atoms with Crippen molar-refractivity contribution in [2.75, 3.05) is 31.7 Å². The maximum atomic E-state index is 10.6. The quantitative estimate of drug-likeness (QED) is 0.379. The fourth-order valence-corrected chi connectivity index (χ4v) is 1.96. The number of hydrogen-bond donors (Lipinski definition) is 1. The molecule has 23 heavy (non-hydrogen) atoms. The number of anilines is 1. The minimum atomic E-state index is -0.613. The van der Waals surface area contributed by atoms with Crippen molar-refractivity contribution in [1.29, 1.82) is 0 Å². The van der Waals surface area contributed by atoms with Crippen LogP contribution in [0.5, 0.6) is 0 Å². The van der Waals surface area contributed by atoms with E-state index in [1.54, 1.807) is 12.4 Å². The Bertz CT molecular complexity index is 710. The zero-order valence-corrected chi connectivity index (χ0v) is 12.1. The summed E-state index contributed by atoms with van der Waals surface area (Å²) in [6.45, 7) is 2.94. The summed E-state index contributed by atoms with van der Waals surface area (Å²) in [5.41, 5.74) is 2.79. The molecule has 120 valence electrons. The maximum Gasteiger partial charge on any atom is 0.433 e. The Balaban J connectivity index is 1.66. The highest BCUT2D eigenvalue weighted by molar-refractivity contribution is 5.57. The Hall–Kier alpha value is -3.01. The third kappa shape index (κ3) is 3.80. The smallest absolute Gasteiger partial charge is 0.397 e. The van der Waals surface area contributed by atoms with E-state index in [-0.39, 0.29) is 17.5 Å². The van der Waals surface area contributed by atoms with Crippen molar-refractivity contribution in [3.05, 3.63) is 34.5 Å². The van der Waals surface area contributed by atoms with Crippen molar-refractivity contribution in [1.82, 2.24) is 14.9 Å². The Morgan fingerprint density at radius 3 is 2.91 bits per heavy atom. The molecule has 10 nitrogen and oxygen atoms in total. The van der Waals surface area contributed by atoms with Gasteiger partial charge in [-0.1, -0.05) is 0 Å². The molecule has 0 spiro atoms. The predicted molar refractivity (Wildman–Crippen MR) is 80.9 cm³/mol. The molecule has 0 aromatic carbocycles. The number of hydrogen-bond acceptors (Lipinski definition) is 8. The maximum absolute atomic E-state index is 10.6. The van der Waals surface area contributed by atoms with Gasteiger partial charge in [0.1, 0.15) is 17.1 Å². The molecule has 0 atom stereocenters. The topological polar surface area (TPSA) is 119 Å². The van der Waals surface area contributed by atoms with Crippen molar-refractivity contribution < 1.29 is 14.1 Å². The van der Waals surface area contributed by atoms with Crippen LogP contribution in [0.3, 0.4) is 0 Å². The highest BCUT2D eigenvalue weighted by Gasteiger charge is 2.15. The summed E-state index contributed by atoms with van der Waals surface area (Å²) in [4.78, 5) is 20.3. The Morgan fingerprint density at radius 1 is 1.35 bits per heavy atom. The number of morpholine rings is 1. The fraction of sp³-hybridized carbons (Fsp3) is 0.308. The molecule has 1 saturated heterocycles. The van der Waals surface area contributed by atoms with E-state index in [1.807, 2.05) is 4.90 Å². The Labute approximate surface area is 130 Å². The van der Waals surface area contributed by atoms with E-state index in [4.69, 9.17) is 9.15 Å². The summed E-state index contributed by atoms with van der Waals surface area (Å²) >= 11 is 0. The Kier molecular flexibility index (Phi) is 4.43. The zero-order valence-electron chi connectivity index (χ0n) is 12.1. The molecule has 0 saturated carbocycles. The van der Waals surface area contributed by atoms with Gasteiger partial charge in [0.25, 0.3) is 0 Å². The number of rotatable bonds is 5. The minimum Gasteiger partial charge on any atom is -0.397 e. The first-order valence-electron chi connectivity index (χ1n) is 6.91. The normalized spacial score (nSPS) is 15.0.